The first kappa shape index (κ1) is 31.7. The molecule has 230 valence electrons. The SMILES string of the molecule is O=C1/C(=C/c2ccc(S(F)(F)(F)(F)F)cc2)CN(S(=O)(=O)c2ccccc2)C/C1=C\c1ccc(S(F)(F)(F)(F)F)cc1. The molecule has 1 aliphatic heterocycles. The molecule has 1 saturated heterocycles. The van der Waals surface area contributed by atoms with Crippen molar-refractivity contribution < 1.29 is 52.1 Å². The van der Waals surface area contributed by atoms with Crippen LogP contribution in [0.5, 0.6) is 0 Å². The van der Waals surface area contributed by atoms with E-state index in [2.05, 4.69) is 0 Å². The molecule has 0 amide bonds. The van der Waals surface area contributed by atoms with Crippen LogP contribution in [0.2, 0.25) is 0 Å². The van der Waals surface area contributed by atoms with E-state index in [9.17, 15) is 52.1 Å². The zero-order valence-corrected chi connectivity index (χ0v) is 23.2. The Hall–Kier alpha value is -3.28. The van der Waals surface area contributed by atoms with Crippen molar-refractivity contribution in [2.75, 3.05) is 13.1 Å². The molecule has 0 aromatic heterocycles. The van der Waals surface area contributed by atoms with E-state index in [1.165, 1.54) is 30.3 Å². The average Bonchev–Trinajstić information content (AvgIpc) is 2.84. The predicted molar refractivity (Wildman–Crippen MR) is 142 cm³/mol. The van der Waals surface area contributed by atoms with Gasteiger partial charge in [0.05, 0.1) is 4.90 Å². The number of sulfonamides is 1. The van der Waals surface area contributed by atoms with Crippen molar-refractivity contribution in [2.45, 2.75) is 14.7 Å². The molecule has 3 aromatic carbocycles. The molecule has 0 radical (unpaired) electrons. The third-order valence-electron chi connectivity index (χ3n) is 5.99. The maximum atomic E-state index is 13.3. The number of rotatable bonds is 6. The molecular weight excluding hydrogens is 648 g/mol. The minimum Gasteiger partial charge on any atom is -0.289 e. The summed E-state index contributed by atoms with van der Waals surface area (Å²) in [6, 6.07) is 9.89. The van der Waals surface area contributed by atoms with Gasteiger partial charge in [-0.25, -0.2) is 8.42 Å². The van der Waals surface area contributed by atoms with Gasteiger partial charge in [0, 0.05) is 24.2 Å². The number of carbonyl (C=O) groups excluding carboxylic acids is 1. The Kier molecular flexibility index (Phi) is 6.51. The highest BCUT2D eigenvalue weighted by Gasteiger charge is 2.66. The second kappa shape index (κ2) is 8.64. The lowest BCUT2D eigenvalue weighted by Crippen LogP contribution is -2.41. The van der Waals surface area contributed by atoms with Gasteiger partial charge in [0.25, 0.3) is 0 Å². The normalized spacial score (nSPS) is 21.0. The van der Waals surface area contributed by atoms with Crippen LogP contribution in [-0.2, 0) is 14.8 Å². The molecule has 0 spiro atoms. The molecule has 17 heteroatoms. The number of halogens is 10. The molecule has 0 bridgehead atoms. The molecule has 4 nitrogen and oxygen atoms in total. The Morgan fingerprint density at radius 2 is 0.929 bits per heavy atom. The first-order valence-corrected chi connectivity index (χ1v) is 16.8. The second-order valence-electron chi connectivity index (χ2n) is 9.33. The van der Waals surface area contributed by atoms with E-state index in [1.807, 2.05) is 0 Å². The Balaban J connectivity index is 1.78. The summed E-state index contributed by atoms with van der Waals surface area (Å²) >= 11 is 0. The van der Waals surface area contributed by atoms with Crippen molar-refractivity contribution in [1.29, 1.82) is 0 Å². The molecule has 0 unspecified atom stereocenters. The Bertz CT molecular complexity index is 1640. The lowest BCUT2D eigenvalue weighted by atomic mass is 9.95. The lowest BCUT2D eigenvalue weighted by Gasteiger charge is -2.40. The molecule has 1 aliphatic rings. The molecule has 1 heterocycles. The van der Waals surface area contributed by atoms with E-state index in [4.69, 9.17) is 0 Å². The summed E-state index contributed by atoms with van der Waals surface area (Å²) in [5, 5.41) is 0. The highest BCUT2D eigenvalue weighted by atomic mass is 32.5. The van der Waals surface area contributed by atoms with Crippen LogP contribution >= 0.6 is 20.4 Å². The fraction of sp³-hybridized carbons (Fsp3) is 0.0800. The summed E-state index contributed by atoms with van der Waals surface area (Å²) in [6.45, 7) is -1.19. The van der Waals surface area contributed by atoms with Crippen LogP contribution in [0.15, 0.2) is 105 Å². The first-order chi connectivity index (χ1) is 18.7. The van der Waals surface area contributed by atoms with Gasteiger partial charge in [-0.15, -0.1) is 0 Å². The van der Waals surface area contributed by atoms with E-state index in [0.29, 0.717) is 24.3 Å². The molecule has 4 rings (SSSR count). The molecule has 42 heavy (non-hydrogen) atoms. The van der Waals surface area contributed by atoms with Crippen LogP contribution < -0.4 is 0 Å². The number of carbonyl (C=O) groups is 1. The monoisotopic (exact) mass is 667 g/mol. The van der Waals surface area contributed by atoms with Crippen molar-refractivity contribution >= 4 is 48.4 Å². The summed E-state index contributed by atoms with van der Waals surface area (Å²) in [6.07, 6.45) is 1.96. The number of Topliss-reactive ketones (excluding diaryl/α,β-unsaturated/α-hetero) is 1. The van der Waals surface area contributed by atoms with Crippen LogP contribution in [0.1, 0.15) is 11.1 Å². The smallest absolute Gasteiger partial charge is 0.289 e. The zero-order chi connectivity index (χ0) is 31.5. The summed E-state index contributed by atoms with van der Waals surface area (Å²) in [7, 11) is -24.3. The van der Waals surface area contributed by atoms with Gasteiger partial charge >= 0.3 is 20.4 Å². The minimum atomic E-state index is -9.99. The molecule has 1 fully saturated rings. The Morgan fingerprint density at radius 1 is 0.571 bits per heavy atom. The fourth-order valence-corrected chi connectivity index (χ4v) is 6.68. The van der Waals surface area contributed by atoms with Crippen molar-refractivity contribution in [2.24, 2.45) is 0 Å². The highest BCUT2D eigenvalue weighted by molar-refractivity contribution is 8.46. The maximum absolute atomic E-state index is 13.3. The minimum absolute atomic E-state index is 0.108. The molecule has 0 aliphatic carbocycles. The van der Waals surface area contributed by atoms with Crippen LogP contribution in [0.25, 0.3) is 12.2 Å². The van der Waals surface area contributed by atoms with E-state index < -0.39 is 59.1 Å². The zero-order valence-electron chi connectivity index (χ0n) is 20.8. The van der Waals surface area contributed by atoms with Gasteiger partial charge in [0.1, 0.15) is 9.79 Å². The van der Waals surface area contributed by atoms with Crippen LogP contribution in [-0.4, -0.2) is 31.6 Å². The molecule has 3 aromatic rings. The summed E-state index contributed by atoms with van der Waals surface area (Å²) < 4.78 is 158. The topological polar surface area (TPSA) is 54.5 Å². The predicted octanol–water partition coefficient (Wildman–Crippen LogP) is 9.74. The molecule has 0 atom stereocenters. The molecule has 0 N–H and O–H groups in total. The van der Waals surface area contributed by atoms with Gasteiger partial charge in [-0.1, -0.05) is 81.3 Å². The molecule has 0 saturated carbocycles. The maximum Gasteiger partial charge on any atom is 0.310 e. The third-order valence-corrected chi connectivity index (χ3v) is 10.1. The van der Waals surface area contributed by atoms with Crippen LogP contribution in [0.3, 0.4) is 0 Å². The number of piperidine rings is 1. The van der Waals surface area contributed by atoms with Gasteiger partial charge in [-0.05, 0) is 59.7 Å². The number of hydrogen-bond acceptors (Lipinski definition) is 3. The fourth-order valence-electron chi connectivity index (χ4n) is 3.96. The molecular formula is C25H19F10NO3S3. The van der Waals surface area contributed by atoms with Crippen molar-refractivity contribution in [1.82, 2.24) is 4.31 Å². The van der Waals surface area contributed by atoms with Crippen molar-refractivity contribution in [3.05, 3.63) is 101 Å². The van der Waals surface area contributed by atoms with Gasteiger partial charge in [0.2, 0.25) is 10.0 Å². The quantitative estimate of drug-likeness (QED) is 0.194. The number of benzene rings is 3. The second-order valence-corrected chi connectivity index (χ2v) is 16.1. The van der Waals surface area contributed by atoms with Crippen LogP contribution in [0, 0.1) is 0 Å². The number of ketones is 1. The number of hydrogen-bond donors (Lipinski definition) is 0. The van der Waals surface area contributed by atoms with E-state index in [1.54, 1.807) is 0 Å². The first-order valence-electron chi connectivity index (χ1n) is 11.4. The third kappa shape index (κ3) is 7.19. The van der Waals surface area contributed by atoms with Gasteiger partial charge in [-0.2, -0.15) is 4.31 Å². The van der Waals surface area contributed by atoms with E-state index in [0.717, 1.165) is 16.5 Å². The summed E-state index contributed by atoms with van der Waals surface area (Å²) in [5.41, 5.74) is -0.948. The standard InChI is InChI=1S/C25H19F10NO3S3/c26-41(27,28,29,30)23-10-6-18(7-11-23)14-20-16-36(40(38,39)22-4-2-1-3-5-22)17-21(25(20)37)15-19-8-12-24(13-9-19)42(31,32,33,34)35/h1-15H,16-17H2/b20-14+,21-15+. The average molecular weight is 668 g/mol. The summed E-state index contributed by atoms with van der Waals surface area (Å²) in [4.78, 5) is 8.69. The Morgan fingerprint density at radius 3 is 1.26 bits per heavy atom. The number of nitrogens with zero attached hydrogens (tertiary/aromatic N) is 1. The van der Waals surface area contributed by atoms with Crippen LogP contribution in [0.4, 0.5) is 38.9 Å². The van der Waals surface area contributed by atoms with Crippen molar-refractivity contribution in [3.63, 3.8) is 0 Å². The lowest BCUT2D eigenvalue weighted by molar-refractivity contribution is -0.113. The van der Waals surface area contributed by atoms with Gasteiger partial charge in [0.15, 0.2) is 5.78 Å². The van der Waals surface area contributed by atoms with Gasteiger partial charge in [-0.3, -0.25) is 4.79 Å². The largest absolute Gasteiger partial charge is 0.310 e. The van der Waals surface area contributed by atoms with E-state index >= 15 is 0 Å². The van der Waals surface area contributed by atoms with Crippen molar-refractivity contribution in [3.8, 4) is 0 Å². The van der Waals surface area contributed by atoms with Gasteiger partial charge < -0.3 is 0 Å². The summed E-state index contributed by atoms with van der Waals surface area (Å²) in [5.74, 6) is -0.858. The van der Waals surface area contributed by atoms with E-state index in [-0.39, 0.29) is 51.4 Å². The Labute approximate surface area is 233 Å². The highest BCUT2D eigenvalue weighted by Crippen LogP contribution is 3.02.